The third-order valence-electron chi connectivity index (χ3n) is 2.16. The lowest BCUT2D eigenvalue weighted by Crippen LogP contribution is -2.44. The number of carboxylic acids is 1. The zero-order valence-electron chi connectivity index (χ0n) is 9.00. The number of rotatable bonds is 9. The van der Waals surface area contributed by atoms with Gasteiger partial charge >= 0.3 is 5.97 Å². The molecule has 94 valence electrons. The number of carboxylic acid groups (broad SMARTS) is 1. The number of hydrogen-bond donors (Lipinski definition) is 4. The van der Waals surface area contributed by atoms with E-state index in [0.29, 0.717) is 0 Å². The molecule has 1 amide bonds. The lowest BCUT2D eigenvalue weighted by Gasteiger charge is -2.27. The highest BCUT2D eigenvalue weighted by Gasteiger charge is 2.24. The molecule has 7 nitrogen and oxygen atoms in total. The molecule has 0 spiro atoms. The van der Waals surface area contributed by atoms with E-state index in [2.05, 4.69) is 0 Å². The van der Waals surface area contributed by atoms with Crippen molar-refractivity contribution in [1.82, 2.24) is 4.90 Å². The van der Waals surface area contributed by atoms with E-state index in [1.807, 2.05) is 0 Å². The van der Waals surface area contributed by atoms with Crippen LogP contribution in [0, 0.1) is 0 Å². The van der Waals surface area contributed by atoms with Crippen molar-refractivity contribution in [2.75, 3.05) is 26.3 Å². The summed E-state index contributed by atoms with van der Waals surface area (Å²) in [5.41, 5.74) is 4.94. The second kappa shape index (κ2) is 8.03. The van der Waals surface area contributed by atoms with Crippen molar-refractivity contribution in [2.45, 2.75) is 18.9 Å². The molecule has 0 radical (unpaired) electrons. The molecule has 0 saturated carbocycles. The average molecular weight is 234 g/mol. The largest absolute Gasteiger partial charge is 0.480 e. The first-order chi connectivity index (χ1) is 7.52. The first-order valence-corrected chi connectivity index (χ1v) is 4.99. The van der Waals surface area contributed by atoms with Crippen molar-refractivity contribution < 1.29 is 24.9 Å². The fourth-order valence-corrected chi connectivity index (χ4v) is 1.42. The van der Waals surface area contributed by atoms with Crippen molar-refractivity contribution in [3.8, 4) is 0 Å². The van der Waals surface area contributed by atoms with Crippen molar-refractivity contribution >= 4 is 11.9 Å². The highest BCUT2D eigenvalue weighted by molar-refractivity contribution is 5.77. The molecule has 5 N–H and O–H groups in total. The molecular weight excluding hydrogens is 216 g/mol. The summed E-state index contributed by atoms with van der Waals surface area (Å²) in [5.74, 6) is -1.66. The minimum atomic E-state index is -1.09. The number of aliphatic hydroxyl groups excluding tert-OH is 2. The number of aliphatic hydroxyl groups is 2. The summed E-state index contributed by atoms with van der Waals surface area (Å²) in [6, 6.07) is -0.910. The number of aliphatic carboxylic acids is 1. The number of nitrogens with two attached hydrogens (primary N) is 1. The maximum Gasteiger partial charge on any atom is 0.320 e. The third kappa shape index (κ3) is 5.64. The fraction of sp³-hybridized carbons (Fsp3) is 0.778. The molecule has 0 aliphatic rings. The van der Waals surface area contributed by atoms with Crippen molar-refractivity contribution in [1.29, 1.82) is 0 Å². The van der Waals surface area contributed by atoms with E-state index in [1.54, 1.807) is 0 Å². The van der Waals surface area contributed by atoms with E-state index in [-0.39, 0.29) is 39.1 Å². The number of primary amides is 1. The van der Waals surface area contributed by atoms with Gasteiger partial charge in [-0.1, -0.05) is 0 Å². The maximum atomic E-state index is 10.9. The minimum Gasteiger partial charge on any atom is -0.480 e. The van der Waals surface area contributed by atoms with Crippen LogP contribution in [-0.4, -0.2) is 64.4 Å². The molecule has 0 aromatic carbocycles. The van der Waals surface area contributed by atoms with Gasteiger partial charge in [0.2, 0.25) is 5.91 Å². The van der Waals surface area contributed by atoms with Crippen LogP contribution >= 0.6 is 0 Å². The topological polar surface area (TPSA) is 124 Å². The van der Waals surface area contributed by atoms with Crippen LogP contribution < -0.4 is 5.73 Å². The summed E-state index contributed by atoms with van der Waals surface area (Å²) in [5, 5.41) is 26.5. The van der Waals surface area contributed by atoms with E-state index in [9.17, 15) is 9.59 Å². The van der Waals surface area contributed by atoms with Gasteiger partial charge in [-0.25, -0.2) is 0 Å². The van der Waals surface area contributed by atoms with Crippen LogP contribution in [0.25, 0.3) is 0 Å². The smallest absolute Gasteiger partial charge is 0.320 e. The van der Waals surface area contributed by atoms with E-state index >= 15 is 0 Å². The van der Waals surface area contributed by atoms with Gasteiger partial charge in [0.25, 0.3) is 0 Å². The minimum absolute atomic E-state index is 0.0374. The van der Waals surface area contributed by atoms with Crippen LogP contribution in [0.2, 0.25) is 0 Å². The average Bonchev–Trinajstić information content (AvgIpc) is 2.17. The van der Waals surface area contributed by atoms with E-state index < -0.39 is 17.9 Å². The number of nitrogens with zero attached hydrogens (tertiary/aromatic N) is 1. The molecular formula is C9H18N2O5. The van der Waals surface area contributed by atoms with Gasteiger partial charge in [-0.15, -0.1) is 0 Å². The number of carbonyl (C=O) groups is 2. The second-order valence-corrected chi connectivity index (χ2v) is 3.34. The van der Waals surface area contributed by atoms with E-state index in [0.717, 1.165) is 0 Å². The van der Waals surface area contributed by atoms with Gasteiger partial charge in [0.1, 0.15) is 6.04 Å². The molecule has 0 aromatic heterocycles. The van der Waals surface area contributed by atoms with Gasteiger partial charge in [0.15, 0.2) is 0 Å². The Hall–Kier alpha value is -1.18. The molecule has 0 rings (SSSR count). The first kappa shape index (κ1) is 14.8. The first-order valence-electron chi connectivity index (χ1n) is 4.99. The Morgan fingerprint density at radius 2 is 1.69 bits per heavy atom. The Kier molecular flexibility index (Phi) is 7.44. The van der Waals surface area contributed by atoms with Crippen LogP contribution in [0.3, 0.4) is 0 Å². The summed E-state index contributed by atoms with van der Waals surface area (Å²) in [6.07, 6.45) is 0.0367. The van der Waals surface area contributed by atoms with Gasteiger partial charge in [0, 0.05) is 19.5 Å². The number of carbonyl (C=O) groups excluding carboxylic acids is 1. The zero-order chi connectivity index (χ0) is 12.6. The Balaban J connectivity index is 4.43. The summed E-state index contributed by atoms with van der Waals surface area (Å²) < 4.78 is 0. The SMILES string of the molecule is NC(=O)CC[C@@H](C(=O)O)N(CCO)CCO. The molecule has 0 aromatic rings. The lowest BCUT2D eigenvalue weighted by molar-refractivity contribution is -0.144. The number of hydrogen-bond acceptors (Lipinski definition) is 5. The van der Waals surface area contributed by atoms with Gasteiger partial charge in [-0.2, -0.15) is 0 Å². The van der Waals surface area contributed by atoms with Crippen LogP contribution in [0.15, 0.2) is 0 Å². The summed E-state index contributed by atoms with van der Waals surface area (Å²) in [6.45, 7) is -0.146. The maximum absolute atomic E-state index is 10.9. The predicted molar refractivity (Wildman–Crippen MR) is 55.6 cm³/mol. The Morgan fingerprint density at radius 1 is 1.19 bits per heavy atom. The molecule has 0 aliphatic carbocycles. The van der Waals surface area contributed by atoms with Crippen LogP contribution in [-0.2, 0) is 9.59 Å². The summed E-state index contributed by atoms with van der Waals surface area (Å²) >= 11 is 0. The van der Waals surface area contributed by atoms with Gasteiger partial charge in [0.05, 0.1) is 13.2 Å². The summed E-state index contributed by atoms with van der Waals surface area (Å²) in [4.78, 5) is 22.9. The normalized spacial score (nSPS) is 12.7. The standard InChI is InChI=1S/C9H18N2O5/c10-8(14)2-1-7(9(15)16)11(3-5-12)4-6-13/h7,12-13H,1-6H2,(H2,10,14)(H,15,16)/t7-/m0/s1. The zero-order valence-corrected chi connectivity index (χ0v) is 9.00. The number of amides is 1. The van der Waals surface area contributed by atoms with Crippen molar-refractivity contribution in [3.05, 3.63) is 0 Å². The molecule has 0 heterocycles. The Labute approximate surface area is 93.5 Å². The van der Waals surface area contributed by atoms with Crippen molar-refractivity contribution in [2.24, 2.45) is 5.73 Å². The third-order valence-corrected chi connectivity index (χ3v) is 2.16. The summed E-state index contributed by atoms with van der Waals surface area (Å²) in [7, 11) is 0. The second-order valence-electron chi connectivity index (χ2n) is 3.34. The van der Waals surface area contributed by atoms with Crippen LogP contribution in [0.5, 0.6) is 0 Å². The van der Waals surface area contributed by atoms with Gasteiger partial charge < -0.3 is 21.1 Å². The Morgan fingerprint density at radius 3 is 2.00 bits per heavy atom. The monoisotopic (exact) mass is 234 g/mol. The van der Waals surface area contributed by atoms with Crippen LogP contribution in [0.4, 0.5) is 0 Å². The van der Waals surface area contributed by atoms with Gasteiger partial charge in [-0.3, -0.25) is 14.5 Å². The van der Waals surface area contributed by atoms with Crippen LogP contribution in [0.1, 0.15) is 12.8 Å². The molecule has 0 aliphatic heterocycles. The molecule has 7 heteroatoms. The van der Waals surface area contributed by atoms with E-state index in [4.69, 9.17) is 21.1 Å². The van der Waals surface area contributed by atoms with Crippen molar-refractivity contribution in [3.63, 3.8) is 0 Å². The van der Waals surface area contributed by atoms with Gasteiger partial charge in [-0.05, 0) is 6.42 Å². The highest BCUT2D eigenvalue weighted by atomic mass is 16.4. The van der Waals surface area contributed by atoms with E-state index in [1.165, 1.54) is 4.90 Å². The Bertz CT molecular complexity index is 228. The molecule has 0 saturated heterocycles. The predicted octanol–water partition coefficient (Wildman–Crippen LogP) is -2.01. The molecule has 1 atom stereocenters. The molecule has 0 bridgehead atoms. The molecule has 16 heavy (non-hydrogen) atoms. The molecule has 0 fully saturated rings. The lowest BCUT2D eigenvalue weighted by atomic mass is 10.1. The molecule has 0 unspecified atom stereocenters. The fourth-order valence-electron chi connectivity index (χ4n) is 1.42. The highest BCUT2D eigenvalue weighted by Crippen LogP contribution is 2.07. The quantitative estimate of drug-likeness (QED) is 0.365.